The number of carbonyl (C=O) groups is 1. The number of allylic oxidation sites excluding steroid dienone is 2. The van der Waals surface area contributed by atoms with Crippen LogP contribution >= 0.6 is 0 Å². The zero-order chi connectivity index (χ0) is 23.4. The van der Waals surface area contributed by atoms with E-state index in [2.05, 4.69) is 37.9 Å². The predicted octanol–water partition coefficient (Wildman–Crippen LogP) is 7.46. The van der Waals surface area contributed by atoms with Crippen LogP contribution in [0.25, 0.3) is 22.7 Å². The summed E-state index contributed by atoms with van der Waals surface area (Å²) in [6.07, 6.45) is 5.24. The second-order valence-corrected chi connectivity index (χ2v) is 8.86. The van der Waals surface area contributed by atoms with Gasteiger partial charge in [-0.1, -0.05) is 63.2 Å². The van der Waals surface area contributed by atoms with Crippen LogP contribution in [0.3, 0.4) is 0 Å². The third-order valence-electron chi connectivity index (χ3n) is 5.31. The Morgan fingerprint density at radius 2 is 1.64 bits per heavy atom. The van der Waals surface area contributed by atoms with Crippen molar-refractivity contribution in [3.8, 4) is 5.75 Å². The van der Waals surface area contributed by atoms with Crippen molar-refractivity contribution in [1.82, 2.24) is 4.98 Å². The van der Waals surface area contributed by atoms with E-state index in [1.165, 1.54) is 5.56 Å². The van der Waals surface area contributed by atoms with Crippen LogP contribution in [-0.4, -0.2) is 10.8 Å². The van der Waals surface area contributed by atoms with Crippen molar-refractivity contribution in [2.24, 2.45) is 0 Å². The van der Waals surface area contributed by atoms with E-state index in [-0.39, 0.29) is 11.2 Å². The predicted molar refractivity (Wildman–Crippen MR) is 133 cm³/mol. The Hall–Kier alpha value is -3.92. The lowest BCUT2D eigenvalue weighted by atomic mass is 9.86. The summed E-state index contributed by atoms with van der Waals surface area (Å²) in [7, 11) is 0. The highest BCUT2D eigenvalue weighted by Crippen LogP contribution is 2.28. The maximum atomic E-state index is 13.6. The first-order valence-electron chi connectivity index (χ1n) is 11.0. The van der Waals surface area contributed by atoms with Gasteiger partial charge in [0.05, 0.1) is 11.8 Å². The van der Waals surface area contributed by atoms with Gasteiger partial charge in [0.25, 0.3) is 0 Å². The number of rotatable bonds is 6. The van der Waals surface area contributed by atoms with Crippen LogP contribution in [0.15, 0.2) is 89.6 Å². The third kappa shape index (κ3) is 5.12. The molecule has 0 saturated carbocycles. The Morgan fingerprint density at radius 1 is 0.939 bits per heavy atom. The first-order chi connectivity index (χ1) is 15.8. The summed E-state index contributed by atoms with van der Waals surface area (Å²) in [5.41, 5.74) is 4.47. The summed E-state index contributed by atoms with van der Waals surface area (Å²) < 4.78 is 11.4. The van der Waals surface area contributed by atoms with Crippen LogP contribution in [0.4, 0.5) is 0 Å². The Morgan fingerprint density at radius 3 is 2.27 bits per heavy atom. The molecule has 0 saturated heterocycles. The molecule has 0 spiro atoms. The molecule has 4 aromatic rings. The summed E-state index contributed by atoms with van der Waals surface area (Å²) >= 11 is 0. The Labute approximate surface area is 194 Å². The molecule has 0 radical (unpaired) electrons. The summed E-state index contributed by atoms with van der Waals surface area (Å²) in [6, 6.07) is 22.8. The van der Waals surface area contributed by atoms with Gasteiger partial charge in [-0.3, -0.25) is 4.79 Å². The second-order valence-electron chi connectivity index (χ2n) is 8.86. The van der Waals surface area contributed by atoms with Gasteiger partial charge in [-0.15, -0.1) is 0 Å². The molecule has 3 aromatic carbocycles. The normalized spacial score (nSPS) is 12.4. The fourth-order valence-electron chi connectivity index (χ4n) is 3.44. The van der Waals surface area contributed by atoms with E-state index >= 15 is 0 Å². The van der Waals surface area contributed by atoms with Gasteiger partial charge in [-0.2, -0.15) is 0 Å². The average Bonchev–Trinajstić information content (AvgIpc) is 3.25. The minimum absolute atomic E-state index is 0.0535. The molecule has 0 aliphatic rings. The number of nitrogens with zero attached hydrogens (tertiary/aromatic N) is 1. The zero-order valence-corrected chi connectivity index (χ0v) is 19.3. The van der Waals surface area contributed by atoms with Gasteiger partial charge in [0.1, 0.15) is 11.3 Å². The van der Waals surface area contributed by atoms with Gasteiger partial charge in [0, 0.05) is 5.56 Å². The van der Waals surface area contributed by atoms with Crippen LogP contribution in [-0.2, 0) is 5.41 Å². The molecule has 0 aliphatic heterocycles. The van der Waals surface area contributed by atoms with Crippen molar-refractivity contribution in [3.05, 3.63) is 108 Å². The quantitative estimate of drug-likeness (QED) is 0.178. The van der Waals surface area contributed by atoms with E-state index in [9.17, 15) is 4.79 Å². The van der Waals surface area contributed by atoms with Crippen molar-refractivity contribution in [1.29, 1.82) is 0 Å². The molecular formula is C29H27NO3. The number of benzene rings is 3. The molecule has 0 atom stereocenters. The first-order valence-corrected chi connectivity index (χ1v) is 11.0. The van der Waals surface area contributed by atoms with E-state index in [1.54, 1.807) is 36.6 Å². The van der Waals surface area contributed by atoms with Crippen LogP contribution < -0.4 is 4.74 Å². The molecule has 4 rings (SSSR count). The third-order valence-corrected chi connectivity index (χ3v) is 5.31. The SMILES string of the molecule is C/C=C/Oc1ccc(C(=O)/C(=C\c2ccc(C(C)(C)C)cc2)c2nc3ccccc3o2)cc1. The van der Waals surface area contributed by atoms with Gasteiger partial charge in [0.2, 0.25) is 5.89 Å². The minimum Gasteiger partial charge on any atom is -0.465 e. The Balaban J connectivity index is 1.75. The lowest BCUT2D eigenvalue weighted by Gasteiger charge is -2.18. The van der Waals surface area contributed by atoms with Crippen molar-refractivity contribution >= 4 is 28.5 Å². The van der Waals surface area contributed by atoms with Crippen LogP contribution in [0.5, 0.6) is 5.75 Å². The Bertz CT molecular complexity index is 1290. The fraction of sp³-hybridized carbons (Fsp3) is 0.172. The van der Waals surface area contributed by atoms with Gasteiger partial charge >= 0.3 is 0 Å². The number of Topliss-reactive ketones (excluding diaryl/α,β-unsaturated/α-hetero) is 1. The van der Waals surface area contributed by atoms with E-state index < -0.39 is 0 Å². The molecule has 1 aromatic heterocycles. The molecule has 33 heavy (non-hydrogen) atoms. The molecule has 0 unspecified atom stereocenters. The van der Waals surface area contributed by atoms with E-state index in [4.69, 9.17) is 9.15 Å². The lowest BCUT2D eigenvalue weighted by Crippen LogP contribution is -2.10. The summed E-state index contributed by atoms with van der Waals surface area (Å²) in [6.45, 7) is 8.40. The molecular weight excluding hydrogens is 410 g/mol. The summed E-state index contributed by atoms with van der Waals surface area (Å²) in [4.78, 5) is 18.1. The first kappa shape index (κ1) is 22.3. The van der Waals surface area contributed by atoms with Crippen molar-refractivity contribution in [2.75, 3.05) is 0 Å². The number of hydrogen-bond donors (Lipinski definition) is 0. The van der Waals surface area contributed by atoms with E-state index in [1.807, 2.05) is 49.4 Å². The zero-order valence-electron chi connectivity index (χ0n) is 19.3. The highest BCUT2D eigenvalue weighted by molar-refractivity contribution is 6.31. The maximum Gasteiger partial charge on any atom is 0.231 e. The van der Waals surface area contributed by atoms with Crippen molar-refractivity contribution in [3.63, 3.8) is 0 Å². The standard InChI is InChI=1S/C29H27NO3/c1-5-18-32-23-16-12-21(13-17-23)27(31)24(28-30-25-8-6-7-9-26(25)33-28)19-20-10-14-22(15-11-20)29(2,3)4/h5-19H,1-4H3/b18-5+,24-19+. The van der Waals surface area contributed by atoms with Crippen molar-refractivity contribution in [2.45, 2.75) is 33.1 Å². The minimum atomic E-state index is -0.168. The molecule has 0 bridgehead atoms. The number of ketones is 1. The van der Waals surface area contributed by atoms with Crippen LogP contribution in [0.1, 0.15) is 55.1 Å². The fourth-order valence-corrected chi connectivity index (χ4v) is 3.44. The van der Waals surface area contributed by atoms with E-state index in [0.29, 0.717) is 33.9 Å². The average molecular weight is 438 g/mol. The number of hydrogen-bond acceptors (Lipinski definition) is 4. The molecule has 4 heteroatoms. The van der Waals surface area contributed by atoms with E-state index in [0.717, 1.165) is 5.56 Å². The molecule has 0 N–H and O–H groups in total. The van der Waals surface area contributed by atoms with Crippen molar-refractivity contribution < 1.29 is 13.9 Å². The molecule has 0 amide bonds. The lowest BCUT2D eigenvalue weighted by molar-refractivity contribution is 0.105. The molecule has 1 heterocycles. The number of oxazole rings is 1. The topological polar surface area (TPSA) is 52.3 Å². The number of para-hydroxylation sites is 2. The molecule has 0 aliphatic carbocycles. The highest BCUT2D eigenvalue weighted by Gasteiger charge is 2.21. The molecule has 4 nitrogen and oxygen atoms in total. The monoisotopic (exact) mass is 437 g/mol. The smallest absolute Gasteiger partial charge is 0.231 e. The molecule has 0 fully saturated rings. The number of aromatic nitrogens is 1. The number of fused-ring (bicyclic) bond motifs is 1. The van der Waals surface area contributed by atoms with Gasteiger partial charge < -0.3 is 9.15 Å². The molecule has 166 valence electrons. The van der Waals surface area contributed by atoms with Gasteiger partial charge in [-0.05, 0) is 65.9 Å². The van der Waals surface area contributed by atoms with Gasteiger partial charge in [-0.25, -0.2) is 4.98 Å². The Kier molecular flexibility index (Phi) is 6.27. The highest BCUT2D eigenvalue weighted by atomic mass is 16.5. The largest absolute Gasteiger partial charge is 0.465 e. The van der Waals surface area contributed by atoms with Crippen LogP contribution in [0.2, 0.25) is 0 Å². The van der Waals surface area contributed by atoms with Gasteiger partial charge in [0.15, 0.2) is 11.4 Å². The number of ether oxygens (including phenoxy) is 1. The maximum absolute atomic E-state index is 13.6. The second kappa shape index (κ2) is 9.29. The summed E-state index contributed by atoms with van der Waals surface area (Å²) in [5, 5.41) is 0. The van der Waals surface area contributed by atoms with Crippen LogP contribution in [0, 0.1) is 0 Å². The summed E-state index contributed by atoms with van der Waals surface area (Å²) in [5.74, 6) is 0.796. The number of carbonyl (C=O) groups excluding carboxylic acids is 1.